The number of carbonyl (C=O) groups is 2. The zero-order chi connectivity index (χ0) is 18.0. The molecule has 3 rings (SSSR count). The first-order valence-corrected chi connectivity index (χ1v) is 8.82. The van der Waals surface area contributed by atoms with Gasteiger partial charge < -0.3 is 10.5 Å². The summed E-state index contributed by atoms with van der Waals surface area (Å²) in [7, 11) is -3.85. The monoisotopic (exact) mass is 361 g/mol. The molecule has 0 atom stereocenters. The number of hydrogen-bond donors (Lipinski definition) is 2. The van der Waals surface area contributed by atoms with Gasteiger partial charge in [-0.1, -0.05) is 6.07 Å². The van der Waals surface area contributed by atoms with E-state index in [-0.39, 0.29) is 10.5 Å². The number of cyclic esters (lactones) is 1. The fourth-order valence-corrected chi connectivity index (χ4v) is 3.43. The lowest BCUT2D eigenvalue weighted by Crippen LogP contribution is -2.23. The second-order valence-electron chi connectivity index (χ2n) is 5.31. The molecule has 3 N–H and O–H groups in total. The summed E-state index contributed by atoms with van der Waals surface area (Å²) in [5.41, 5.74) is 6.19. The Kier molecular flexibility index (Phi) is 4.32. The van der Waals surface area contributed by atoms with Gasteiger partial charge in [-0.2, -0.15) is 0 Å². The molecule has 25 heavy (non-hydrogen) atoms. The molecule has 1 saturated heterocycles. The highest BCUT2D eigenvalue weighted by Gasteiger charge is 2.24. The van der Waals surface area contributed by atoms with E-state index in [1.54, 1.807) is 24.3 Å². The van der Waals surface area contributed by atoms with Gasteiger partial charge in [0, 0.05) is 11.3 Å². The molecule has 1 aliphatic rings. The molecule has 0 aliphatic carbocycles. The van der Waals surface area contributed by atoms with E-state index in [4.69, 9.17) is 10.5 Å². The number of amides is 2. The number of nitrogens with zero attached hydrogens (tertiary/aromatic N) is 1. The van der Waals surface area contributed by atoms with Crippen molar-refractivity contribution < 1.29 is 22.7 Å². The van der Waals surface area contributed by atoms with Gasteiger partial charge in [-0.15, -0.1) is 0 Å². The minimum absolute atomic E-state index is 0.0107. The summed E-state index contributed by atoms with van der Waals surface area (Å²) in [6, 6.07) is 11.7. The number of benzene rings is 2. The Morgan fingerprint density at radius 1 is 1.16 bits per heavy atom. The molecule has 2 amide bonds. The molecule has 0 spiro atoms. The standard InChI is InChI=1S/C16H15N3O5S/c17-15(20)11-4-6-14(7-5-11)25(22,23)18-12-2-1-3-13(10-12)19-8-9-24-16(19)21/h1-7,10,18H,8-9H2,(H2,17,20). The highest BCUT2D eigenvalue weighted by Crippen LogP contribution is 2.24. The molecule has 1 fully saturated rings. The van der Waals surface area contributed by atoms with E-state index >= 15 is 0 Å². The number of carbonyl (C=O) groups excluding carboxylic acids is 2. The largest absolute Gasteiger partial charge is 0.447 e. The van der Waals surface area contributed by atoms with Crippen LogP contribution in [0.5, 0.6) is 0 Å². The number of rotatable bonds is 5. The minimum Gasteiger partial charge on any atom is -0.447 e. The van der Waals surface area contributed by atoms with Crippen LogP contribution in [0.25, 0.3) is 0 Å². The smallest absolute Gasteiger partial charge is 0.414 e. The number of hydrogen-bond acceptors (Lipinski definition) is 5. The molecular formula is C16H15N3O5S. The van der Waals surface area contributed by atoms with Crippen molar-refractivity contribution in [3.8, 4) is 0 Å². The van der Waals surface area contributed by atoms with Crippen molar-refractivity contribution >= 4 is 33.4 Å². The Bertz CT molecular complexity index is 925. The lowest BCUT2D eigenvalue weighted by molar-refractivity contribution is 0.1000. The van der Waals surface area contributed by atoms with Gasteiger partial charge in [0.05, 0.1) is 17.1 Å². The minimum atomic E-state index is -3.85. The van der Waals surface area contributed by atoms with Crippen LogP contribution in [0.2, 0.25) is 0 Å². The molecule has 9 heteroatoms. The van der Waals surface area contributed by atoms with E-state index < -0.39 is 22.0 Å². The topological polar surface area (TPSA) is 119 Å². The molecule has 0 saturated carbocycles. The van der Waals surface area contributed by atoms with Gasteiger partial charge in [-0.05, 0) is 42.5 Å². The summed E-state index contributed by atoms with van der Waals surface area (Å²) in [6.07, 6.45) is -0.470. The van der Waals surface area contributed by atoms with Crippen molar-refractivity contribution in [2.24, 2.45) is 5.73 Å². The molecule has 0 unspecified atom stereocenters. The highest BCUT2D eigenvalue weighted by atomic mass is 32.2. The van der Waals surface area contributed by atoms with Crippen LogP contribution in [0.15, 0.2) is 53.4 Å². The summed E-state index contributed by atoms with van der Waals surface area (Å²) in [5, 5.41) is 0. The van der Waals surface area contributed by atoms with Crippen molar-refractivity contribution in [1.29, 1.82) is 0 Å². The van der Waals surface area contributed by atoms with Gasteiger partial charge in [-0.25, -0.2) is 13.2 Å². The van der Waals surface area contributed by atoms with E-state index in [0.29, 0.717) is 24.5 Å². The van der Waals surface area contributed by atoms with Gasteiger partial charge in [0.2, 0.25) is 5.91 Å². The third-order valence-electron chi connectivity index (χ3n) is 3.62. The highest BCUT2D eigenvalue weighted by molar-refractivity contribution is 7.92. The normalized spacial score (nSPS) is 14.2. The van der Waals surface area contributed by atoms with Crippen LogP contribution in [0, 0.1) is 0 Å². The molecular weight excluding hydrogens is 346 g/mol. The van der Waals surface area contributed by atoms with Crippen LogP contribution >= 0.6 is 0 Å². The van der Waals surface area contributed by atoms with Crippen LogP contribution in [-0.2, 0) is 14.8 Å². The zero-order valence-corrected chi connectivity index (χ0v) is 13.8. The van der Waals surface area contributed by atoms with Crippen LogP contribution in [0.4, 0.5) is 16.2 Å². The molecule has 0 bridgehead atoms. The van der Waals surface area contributed by atoms with Crippen molar-refractivity contribution in [1.82, 2.24) is 0 Å². The number of sulfonamides is 1. The quantitative estimate of drug-likeness (QED) is 0.837. The van der Waals surface area contributed by atoms with Crippen molar-refractivity contribution in [3.05, 3.63) is 54.1 Å². The number of nitrogens with one attached hydrogen (secondary N) is 1. The average molecular weight is 361 g/mol. The van der Waals surface area contributed by atoms with Crippen LogP contribution in [-0.4, -0.2) is 33.6 Å². The fourth-order valence-electron chi connectivity index (χ4n) is 2.38. The predicted octanol–water partition coefficient (Wildman–Crippen LogP) is 1.54. The van der Waals surface area contributed by atoms with Gasteiger partial charge >= 0.3 is 6.09 Å². The van der Waals surface area contributed by atoms with Crippen molar-refractivity contribution in [2.75, 3.05) is 22.8 Å². The van der Waals surface area contributed by atoms with Crippen LogP contribution in [0.3, 0.4) is 0 Å². The summed E-state index contributed by atoms with van der Waals surface area (Å²) >= 11 is 0. The van der Waals surface area contributed by atoms with Crippen LogP contribution in [0.1, 0.15) is 10.4 Å². The van der Waals surface area contributed by atoms with E-state index in [2.05, 4.69) is 4.72 Å². The molecule has 2 aromatic carbocycles. The first-order chi connectivity index (χ1) is 11.9. The van der Waals surface area contributed by atoms with Crippen molar-refractivity contribution in [3.63, 3.8) is 0 Å². The number of nitrogens with two attached hydrogens (primary N) is 1. The van der Waals surface area contributed by atoms with Gasteiger partial charge in [0.15, 0.2) is 0 Å². The van der Waals surface area contributed by atoms with Gasteiger partial charge in [0.25, 0.3) is 10.0 Å². The lowest BCUT2D eigenvalue weighted by atomic mass is 10.2. The van der Waals surface area contributed by atoms with E-state index in [0.717, 1.165) is 0 Å². The Hall–Kier alpha value is -3.07. The van der Waals surface area contributed by atoms with E-state index in [1.807, 2.05) is 0 Å². The summed E-state index contributed by atoms with van der Waals surface area (Å²) in [5.74, 6) is -0.637. The maximum absolute atomic E-state index is 12.4. The second kappa shape index (κ2) is 6.44. The van der Waals surface area contributed by atoms with Crippen LogP contribution < -0.4 is 15.4 Å². The first-order valence-electron chi connectivity index (χ1n) is 7.34. The second-order valence-corrected chi connectivity index (χ2v) is 6.99. The first kappa shape index (κ1) is 16.8. The molecule has 2 aromatic rings. The fraction of sp³-hybridized carbons (Fsp3) is 0.125. The Morgan fingerprint density at radius 3 is 2.48 bits per heavy atom. The van der Waals surface area contributed by atoms with E-state index in [9.17, 15) is 18.0 Å². The lowest BCUT2D eigenvalue weighted by Gasteiger charge is -2.14. The summed E-state index contributed by atoms with van der Waals surface area (Å²) < 4.78 is 32.2. The van der Waals surface area contributed by atoms with Crippen molar-refractivity contribution in [2.45, 2.75) is 4.90 Å². The Balaban J connectivity index is 1.83. The number of anilines is 2. The van der Waals surface area contributed by atoms with Gasteiger partial charge in [-0.3, -0.25) is 14.4 Å². The zero-order valence-electron chi connectivity index (χ0n) is 13.0. The van der Waals surface area contributed by atoms with Gasteiger partial charge in [0.1, 0.15) is 6.61 Å². The average Bonchev–Trinajstić information content (AvgIpc) is 3.01. The molecule has 0 radical (unpaired) electrons. The third kappa shape index (κ3) is 3.56. The molecule has 0 aromatic heterocycles. The molecule has 1 aliphatic heterocycles. The molecule has 1 heterocycles. The molecule has 8 nitrogen and oxygen atoms in total. The number of primary amides is 1. The third-order valence-corrected chi connectivity index (χ3v) is 5.02. The summed E-state index contributed by atoms with van der Waals surface area (Å²) in [4.78, 5) is 24.1. The maximum Gasteiger partial charge on any atom is 0.414 e. The Morgan fingerprint density at radius 2 is 1.88 bits per heavy atom. The predicted molar refractivity (Wildman–Crippen MR) is 90.9 cm³/mol. The maximum atomic E-state index is 12.4. The molecule has 130 valence electrons. The summed E-state index contributed by atoms with van der Waals surface area (Å²) in [6.45, 7) is 0.699. The Labute approximate surface area is 144 Å². The number of ether oxygens (including phenoxy) is 1. The SMILES string of the molecule is NC(=O)c1ccc(S(=O)(=O)Nc2cccc(N3CCOC3=O)c2)cc1. The van der Waals surface area contributed by atoms with E-state index in [1.165, 1.54) is 29.2 Å².